The van der Waals surface area contributed by atoms with Gasteiger partial charge in [-0.05, 0) is 19.9 Å². The molecule has 18 heavy (non-hydrogen) atoms. The van der Waals surface area contributed by atoms with E-state index >= 15 is 0 Å². The van der Waals surface area contributed by atoms with Gasteiger partial charge in [0, 0.05) is 30.6 Å². The highest BCUT2D eigenvalue weighted by atomic mass is 16.2. The summed E-state index contributed by atoms with van der Waals surface area (Å²) in [6.07, 6.45) is 1.34. The maximum atomic E-state index is 12.3. The van der Waals surface area contributed by atoms with Gasteiger partial charge in [0.25, 0.3) is 0 Å². The highest BCUT2D eigenvalue weighted by Crippen LogP contribution is 2.23. The van der Waals surface area contributed by atoms with Crippen molar-refractivity contribution < 1.29 is 9.59 Å². The molecule has 0 radical (unpaired) electrons. The van der Waals surface area contributed by atoms with Crippen molar-refractivity contribution in [1.82, 2.24) is 9.80 Å². The summed E-state index contributed by atoms with van der Waals surface area (Å²) in [4.78, 5) is 27.7. The number of carbonyl (C=O) groups is 2. The minimum absolute atomic E-state index is 0.0329. The molecule has 0 spiro atoms. The fourth-order valence-corrected chi connectivity index (χ4v) is 2.50. The average molecular weight is 252 g/mol. The van der Waals surface area contributed by atoms with Crippen molar-refractivity contribution in [2.45, 2.75) is 46.7 Å². The first-order valence-electron chi connectivity index (χ1n) is 6.42. The number of nitrogens with zero attached hydrogens (tertiary/aromatic N) is 2. The Balaban J connectivity index is 2.82. The van der Waals surface area contributed by atoms with E-state index in [4.69, 9.17) is 0 Å². The molecule has 0 aromatic carbocycles. The van der Waals surface area contributed by atoms with Gasteiger partial charge in [-0.15, -0.1) is 0 Å². The second kappa shape index (κ2) is 5.12. The fraction of sp³-hybridized carbons (Fsp3) is 0.714. The maximum absolute atomic E-state index is 12.3. The van der Waals surface area contributed by atoms with Crippen molar-refractivity contribution >= 4 is 11.8 Å². The topological polar surface area (TPSA) is 40.6 Å². The monoisotopic (exact) mass is 252 g/mol. The summed E-state index contributed by atoms with van der Waals surface area (Å²) in [5, 5.41) is 0. The Kier molecular flexibility index (Phi) is 4.20. The van der Waals surface area contributed by atoms with Gasteiger partial charge in [-0.3, -0.25) is 9.59 Å². The Bertz CT molecular complexity index is 345. The van der Waals surface area contributed by atoms with E-state index in [1.54, 1.807) is 4.90 Å². The standard InChI is InChI=1S/C14H24N2O2/c1-7-12(17)16-10(2)8-15(9-11(16)3)13(18)14(4,5)6/h7,10-11H,1,8-9H2,2-6H3. The molecule has 0 aromatic heterocycles. The molecule has 4 nitrogen and oxygen atoms in total. The number of piperazine rings is 1. The van der Waals surface area contributed by atoms with Gasteiger partial charge >= 0.3 is 0 Å². The van der Waals surface area contributed by atoms with E-state index in [1.807, 2.05) is 39.5 Å². The molecular weight excluding hydrogens is 228 g/mol. The van der Waals surface area contributed by atoms with E-state index in [2.05, 4.69) is 6.58 Å². The molecule has 1 aliphatic heterocycles. The normalized spacial score (nSPS) is 24.9. The molecule has 0 aliphatic carbocycles. The first-order chi connectivity index (χ1) is 8.18. The molecule has 1 fully saturated rings. The first-order valence-corrected chi connectivity index (χ1v) is 6.42. The fourth-order valence-electron chi connectivity index (χ4n) is 2.50. The first kappa shape index (κ1) is 14.7. The maximum Gasteiger partial charge on any atom is 0.246 e. The van der Waals surface area contributed by atoms with Crippen molar-refractivity contribution in [3.63, 3.8) is 0 Å². The number of rotatable bonds is 1. The summed E-state index contributed by atoms with van der Waals surface area (Å²) in [6.45, 7) is 14.4. The number of amides is 2. The van der Waals surface area contributed by atoms with E-state index in [9.17, 15) is 9.59 Å². The summed E-state index contributed by atoms with van der Waals surface area (Å²) in [6, 6.07) is 0.0658. The molecule has 0 bridgehead atoms. The largest absolute Gasteiger partial charge is 0.338 e. The van der Waals surface area contributed by atoms with Gasteiger partial charge in [0.15, 0.2) is 0 Å². The number of hydrogen-bond acceptors (Lipinski definition) is 2. The predicted octanol–water partition coefficient (Wildman–Crippen LogP) is 1.67. The molecule has 0 aromatic rings. The molecule has 0 N–H and O–H groups in total. The van der Waals surface area contributed by atoms with Gasteiger partial charge in [-0.2, -0.15) is 0 Å². The molecule has 2 atom stereocenters. The van der Waals surface area contributed by atoms with E-state index in [-0.39, 0.29) is 29.3 Å². The SMILES string of the molecule is C=CC(=O)N1C(C)CN(C(=O)C(C)(C)C)CC1C. The third-order valence-electron chi connectivity index (χ3n) is 3.28. The summed E-state index contributed by atoms with van der Waals surface area (Å²) >= 11 is 0. The molecule has 1 saturated heterocycles. The van der Waals surface area contributed by atoms with Crippen LogP contribution in [0.4, 0.5) is 0 Å². The molecule has 1 heterocycles. The Hall–Kier alpha value is -1.32. The molecule has 2 unspecified atom stereocenters. The number of hydrogen-bond donors (Lipinski definition) is 0. The molecule has 2 amide bonds. The molecular formula is C14H24N2O2. The molecule has 1 aliphatic rings. The minimum atomic E-state index is -0.371. The van der Waals surface area contributed by atoms with Crippen LogP contribution in [0.3, 0.4) is 0 Å². The smallest absolute Gasteiger partial charge is 0.246 e. The van der Waals surface area contributed by atoms with E-state index in [0.29, 0.717) is 13.1 Å². The molecule has 4 heteroatoms. The lowest BCUT2D eigenvalue weighted by atomic mass is 9.93. The quantitative estimate of drug-likeness (QED) is 0.666. The van der Waals surface area contributed by atoms with Crippen LogP contribution in [0.5, 0.6) is 0 Å². The molecule has 0 saturated carbocycles. The Morgan fingerprint density at radius 2 is 1.61 bits per heavy atom. The van der Waals surface area contributed by atoms with Gasteiger partial charge < -0.3 is 9.80 Å². The van der Waals surface area contributed by atoms with Gasteiger partial charge in [0.05, 0.1) is 0 Å². The summed E-state index contributed by atoms with van der Waals surface area (Å²) < 4.78 is 0. The van der Waals surface area contributed by atoms with Crippen LogP contribution in [-0.2, 0) is 9.59 Å². The van der Waals surface area contributed by atoms with Crippen LogP contribution >= 0.6 is 0 Å². The van der Waals surface area contributed by atoms with Gasteiger partial charge in [-0.1, -0.05) is 27.4 Å². The Morgan fingerprint density at radius 1 is 1.17 bits per heavy atom. The second-order valence-electron chi connectivity index (χ2n) is 6.11. The highest BCUT2D eigenvalue weighted by Gasteiger charge is 2.36. The van der Waals surface area contributed by atoms with Crippen molar-refractivity contribution in [2.24, 2.45) is 5.41 Å². The van der Waals surface area contributed by atoms with Crippen molar-refractivity contribution in [1.29, 1.82) is 0 Å². The van der Waals surface area contributed by atoms with Crippen LogP contribution in [0.1, 0.15) is 34.6 Å². The van der Waals surface area contributed by atoms with E-state index in [1.165, 1.54) is 6.08 Å². The third-order valence-corrected chi connectivity index (χ3v) is 3.28. The minimum Gasteiger partial charge on any atom is -0.338 e. The lowest BCUT2D eigenvalue weighted by molar-refractivity contribution is -0.148. The van der Waals surface area contributed by atoms with Crippen molar-refractivity contribution in [3.8, 4) is 0 Å². The van der Waals surface area contributed by atoms with E-state index < -0.39 is 0 Å². The van der Waals surface area contributed by atoms with Crippen molar-refractivity contribution in [2.75, 3.05) is 13.1 Å². The van der Waals surface area contributed by atoms with Gasteiger partial charge in [-0.25, -0.2) is 0 Å². The summed E-state index contributed by atoms with van der Waals surface area (Å²) in [7, 11) is 0. The van der Waals surface area contributed by atoms with Crippen LogP contribution in [0.15, 0.2) is 12.7 Å². The zero-order chi connectivity index (χ0) is 14.1. The Labute approximate surface area is 110 Å². The zero-order valence-corrected chi connectivity index (χ0v) is 12.1. The van der Waals surface area contributed by atoms with Crippen LogP contribution in [-0.4, -0.2) is 46.8 Å². The van der Waals surface area contributed by atoms with Crippen molar-refractivity contribution in [3.05, 3.63) is 12.7 Å². The van der Waals surface area contributed by atoms with E-state index in [0.717, 1.165) is 0 Å². The van der Waals surface area contributed by atoms with Gasteiger partial charge in [0.2, 0.25) is 11.8 Å². The van der Waals surface area contributed by atoms with Crippen LogP contribution < -0.4 is 0 Å². The predicted molar refractivity (Wildman–Crippen MR) is 72.0 cm³/mol. The molecule has 102 valence electrons. The lowest BCUT2D eigenvalue weighted by Crippen LogP contribution is -2.60. The lowest BCUT2D eigenvalue weighted by Gasteiger charge is -2.45. The zero-order valence-electron chi connectivity index (χ0n) is 12.1. The summed E-state index contributed by atoms with van der Waals surface area (Å²) in [5.41, 5.74) is -0.371. The molecule has 1 rings (SSSR count). The highest BCUT2D eigenvalue weighted by molar-refractivity contribution is 5.88. The third kappa shape index (κ3) is 2.92. The Morgan fingerprint density at radius 3 is 1.94 bits per heavy atom. The number of carbonyl (C=O) groups excluding carboxylic acids is 2. The van der Waals surface area contributed by atoms with Crippen LogP contribution in [0, 0.1) is 5.41 Å². The van der Waals surface area contributed by atoms with Gasteiger partial charge in [0.1, 0.15) is 0 Å². The average Bonchev–Trinajstić information content (AvgIpc) is 2.25. The van der Waals surface area contributed by atoms with Crippen LogP contribution in [0.2, 0.25) is 0 Å². The summed E-state index contributed by atoms with van der Waals surface area (Å²) in [5.74, 6) is 0.0877. The van der Waals surface area contributed by atoms with Crippen LogP contribution in [0.25, 0.3) is 0 Å². The second-order valence-corrected chi connectivity index (χ2v) is 6.11.